The molecule has 0 aliphatic carbocycles. The summed E-state index contributed by atoms with van der Waals surface area (Å²) in [5.41, 5.74) is 0.621. The number of rotatable bonds is 4. The highest BCUT2D eigenvalue weighted by atomic mass is 16.5. The molecule has 0 saturated carbocycles. The van der Waals surface area contributed by atoms with Crippen LogP contribution in [0.25, 0.3) is 10.8 Å². The third-order valence-electron chi connectivity index (χ3n) is 3.84. The molecular weight excluding hydrogens is 360 g/mol. The van der Waals surface area contributed by atoms with E-state index < -0.39 is 12.0 Å². The summed E-state index contributed by atoms with van der Waals surface area (Å²) in [6.45, 7) is 1.74. The number of amides is 2. The fourth-order valence-corrected chi connectivity index (χ4v) is 2.62. The monoisotopic (exact) mass is 376 g/mol. The minimum absolute atomic E-state index is 0.0667. The maximum atomic E-state index is 12.1. The van der Waals surface area contributed by atoms with Crippen LogP contribution in [0, 0.1) is 11.3 Å². The number of urea groups is 1. The van der Waals surface area contributed by atoms with Crippen molar-refractivity contribution >= 4 is 34.1 Å². The Labute approximate surface area is 160 Å². The number of anilines is 2. The Balaban J connectivity index is 1.93. The second-order valence-corrected chi connectivity index (χ2v) is 5.70. The topological polar surface area (TPSA) is 124 Å². The van der Waals surface area contributed by atoms with Crippen LogP contribution in [0.3, 0.4) is 0 Å². The lowest BCUT2D eigenvalue weighted by Gasteiger charge is -2.11. The number of carbonyl (C=O) groups is 2. The molecule has 8 heteroatoms. The van der Waals surface area contributed by atoms with Crippen LogP contribution in [0.4, 0.5) is 16.2 Å². The largest absolute Gasteiger partial charge is 0.505 e. The zero-order chi connectivity index (χ0) is 20.1. The van der Waals surface area contributed by atoms with Crippen molar-refractivity contribution < 1.29 is 19.4 Å². The van der Waals surface area contributed by atoms with Crippen molar-refractivity contribution in [3.63, 3.8) is 0 Å². The van der Waals surface area contributed by atoms with Crippen LogP contribution in [0.1, 0.15) is 23.1 Å². The van der Waals surface area contributed by atoms with Crippen LogP contribution in [0.15, 0.2) is 48.5 Å². The second-order valence-electron chi connectivity index (χ2n) is 5.70. The number of para-hydroxylation sites is 1. The number of pyridine rings is 1. The van der Waals surface area contributed by atoms with Crippen LogP contribution in [0.5, 0.6) is 5.75 Å². The molecule has 1 aromatic heterocycles. The van der Waals surface area contributed by atoms with Crippen LogP contribution >= 0.6 is 0 Å². The number of hydrogen-bond acceptors (Lipinski definition) is 6. The SMILES string of the molecule is CCOC(=O)c1nc(C#N)c2cc(NC(=O)Nc3ccccc3)ccc2c1O. The van der Waals surface area contributed by atoms with Crippen LogP contribution in [-0.2, 0) is 4.74 Å². The number of nitrogens with zero attached hydrogens (tertiary/aromatic N) is 2. The molecule has 3 rings (SSSR count). The fourth-order valence-electron chi connectivity index (χ4n) is 2.62. The number of aromatic hydroxyl groups is 1. The Morgan fingerprint density at radius 1 is 1.11 bits per heavy atom. The summed E-state index contributed by atoms with van der Waals surface area (Å²) < 4.78 is 4.85. The van der Waals surface area contributed by atoms with E-state index in [1.165, 1.54) is 12.1 Å². The van der Waals surface area contributed by atoms with Gasteiger partial charge in [-0.1, -0.05) is 18.2 Å². The lowest BCUT2D eigenvalue weighted by Crippen LogP contribution is -2.19. The van der Waals surface area contributed by atoms with E-state index in [9.17, 15) is 20.0 Å². The van der Waals surface area contributed by atoms with Gasteiger partial charge in [0.25, 0.3) is 0 Å². The van der Waals surface area contributed by atoms with Gasteiger partial charge in [0.2, 0.25) is 0 Å². The summed E-state index contributed by atoms with van der Waals surface area (Å²) in [6.07, 6.45) is 0. The van der Waals surface area contributed by atoms with E-state index in [1.807, 2.05) is 12.1 Å². The summed E-state index contributed by atoms with van der Waals surface area (Å²) in [5.74, 6) is -1.20. The van der Waals surface area contributed by atoms with Crippen molar-refractivity contribution in [2.45, 2.75) is 6.92 Å². The Bertz CT molecular complexity index is 1090. The molecule has 3 N–H and O–H groups in total. The maximum absolute atomic E-state index is 12.1. The molecule has 2 aromatic carbocycles. The fraction of sp³-hybridized carbons (Fsp3) is 0.100. The van der Waals surface area contributed by atoms with Gasteiger partial charge in [0.1, 0.15) is 11.8 Å². The number of hydrogen-bond donors (Lipinski definition) is 3. The van der Waals surface area contributed by atoms with Crippen LogP contribution in [-0.4, -0.2) is 28.7 Å². The molecule has 0 aliphatic heterocycles. The van der Waals surface area contributed by atoms with Gasteiger partial charge in [-0.2, -0.15) is 5.26 Å². The minimum atomic E-state index is -0.817. The molecule has 0 bridgehead atoms. The molecule has 28 heavy (non-hydrogen) atoms. The highest BCUT2D eigenvalue weighted by Crippen LogP contribution is 2.32. The van der Waals surface area contributed by atoms with Crippen LogP contribution < -0.4 is 10.6 Å². The van der Waals surface area contributed by atoms with Crippen molar-refractivity contribution in [2.75, 3.05) is 17.2 Å². The summed E-state index contributed by atoms with van der Waals surface area (Å²) in [7, 11) is 0. The number of nitrogens with one attached hydrogen (secondary N) is 2. The standard InChI is InChI=1S/C20H16N4O4/c1-2-28-19(26)17-18(25)14-9-8-13(10-15(14)16(11-21)24-17)23-20(27)22-12-6-4-3-5-7-12/h3-10,25H,2H2,1H3,(H2,22,23,27). The lowest BCUT2D eigenvalue weighted by molar-refractivity contribution is 0.0516. The zero-order valence-corrected chi connectivity index (χ0v) is 14.9. The quantitative estimate of drug-likeness (QED) is 0.597. The first-order chi connectivity index (χ1) is 13.5. The van der Waals surface area contributed by atoms with Gasteiger partial charge in [0.15, 0.2) is 11.4 Å². The first kappa shape index (κ1) is 18.7. The number of benzene rings is 2. The Kier molecular flexibility index (Phi) is 5.37. The summed E-state index contributed by atoms with van der Waals surface area (Å²) in [5, 5.41) is 25.6. The smallest absolute Gasteiger partial charge is 0.360 e. The van der Waals surface area contributed by atoms with Gasteiger partial charge in [-0.3, -0.25) is 0 Å². The summed E-state index contributed by atoms with van der Waals surface area (Å²) in [6, 6.07) is 14.9. The third kappa shape index (κ3) is 3.83. The minimum Gasteiger partial charge on any atom is -0.505 e. The van der Waals surface area contributed by atoms with Crippen molar-refractivity contribution in [1.82, 2.24) is 4.98 Å². The molecule has 0 radical (unpaired) electrons. The molecule has 0 aliphatic rings. The first-order valence-corrected chi connectivity index (χ1v) is 8.40. The van der Waals surface area contributed by atoms with Gasteiger partial charge in [-0.05, 0) is 37.3 Å². The molecule has 140 valence electrons. The van der Waals surface area contributed by atoms with Gasteiger partial charge in [0.05, 0.1) is 6.61 Å². The van der Waals surface area contributed by atoms with Gasteiger partial charge in [-0.15, -0.1) is 0 Å². The molecule has 2 amide bonds. The highest BCUT2D eigenvalue weighted by molar-refractivity contribution is 6.04. The van der Waals surface area contributed by atoms with E-state index in [4.69, 9.17) is 4.74 Å². The zero-order valence-electron chi connectivity index (χ0n) is 14.9. The molecule has 0 fully saturated rings. The van der Waals surface area contributed by atoms with E-state index in [1.54, 1.807) is 37.3 Å². The Morgan fingerprint density at radius 2 is 1.82 bits per heavy atom. The predicted molar refractivity (Wildman–Crippen MR) is 103 cm³/mol. The number of esters is 1. The van der Waals surface area contributed by atoms with Gasteiger partial charge < -0.3 is 20.5 Å². The van der Waals surface area contributed by atoms with E-state index in [0.29, 0.717) is 16.8 Å². The molecule has 0 spiro atoms. The Hall–Kier alpha value is -4.12. The maximum Gasteiger partial charge on any atom is 0.360 e. The molecule has 1 heterocycles. The predicted octanol–water partition coefficient (Wildman–Crippen LogP) is 3.63. The van der Waals surface area contributed by atoms with E-state index >= 15 is 0 Å². The number of ether oxygens (including phenoxy) is 1. The van der Waals surface area contributed by atoms with Gasteiger partial charge >= 0.3 is 12.0 Å². The lowest BCUT2D eigenvalue weighted by atomic mass is 10.1. The molecular formula is C20H16N4O4. The Morgan fingerprint density at radius 3 is 2.50 bits per heavy atom. The van der Waals surface area contributed by atoms with E-state index in [0.717, 1.165) is 0 Å². The highest BCUT2D eigenvalue weighted by Gasteiger charge is 2.20. The molecule has 0 saturated heterocycles. The number of carbonyl (C=O) groups excluding carboxylic acids is 2. The van der Waals surface area contributed by atoms with Crippen molar-refractivity contribution in [3.05, 3.63) is 59.9 Å². The van der Waals surface area contributed by atoms with E-state index in [-0.39, 0.29) is 29.1 Å². The number of fused-ring (bicyclic) bond motifs is 1. The normalized spacial score (nSPS) is 10.1. The van der Waals surface area contributed by atoms with Crippen LogP contribution in [0.2, 0.25) is 0 Å². The van der Waals surface area contributed by atoms with Gasteiger partial charge in [-0.25, -0.2) is 14.6 Å². The average molecular weight is 376 g/mol. The van der Waals surface area contributed by atoms with Crippen molar-refractivity contribution in [1.29, 1.82) is 5.26 Å². The van der Waals surface area contributed by atoms with Crippen molar-refractivity contribution in [2.24, 2.45) is 0 Å². The summed E-state index contributed by atoms with van der Waals surface area (Å²) >= 11 is 0. The molecule has 0 atom stereocenters. The number of nitriles is 1. The van der Waals surface area contributed by atoms with Gasteiger partial charge in [0, 0.05) is 22.1 Å². The first-order valence-electron chi connectivity index (χ1n) is 8.40. The molecule has 0 unspecified atom stereocenters. The molecule has 8 nitrogen and oxygen atoms in total. The number of aromatic nitrogens is 1. The molecule has 3 aromatic rings. The van der Waals surface area contributed by atoms with Crippen molar-refractivity contribution in [3.8, 4) is 11.8 Å². The van der Waals surface area contributed by atoms with E-state index in [2.05, 4.69) is 15.6 Å². The average Bonchev–Trinajstić information content (AvgIpc) is 2.69. The summed E-state index contributed by atoms with van der Waals surface area (Å²) in [4.78, 5) is 28.0. The third-order valence-corrected chi connectivity index (χ3v) is 3.84. The second kappa shape index (κ2) is 8.05.